The van der Waals surface area contributed by atoms with Gasteiger partial charge in [0.15, 0.2) is 0 Å². The highest BCUT2D eigenvalue weighted by molar-refractivity contribution is 9.10. The lowest BCUT2D eigenvalue weighted by Gasteiger charge is -2.19. The molecule has 0 radical (unpaired) electrons. The van der Waals surface area contributed by atoms with Gasteiger partial charge in [0.25, 0.3) is 0 Å². The molecule has 1 fully saturated rings. The normalized spacial score (nSPS) is 22.1. The van der Waals surface area contributed by atoms with E-state index in [1.54, 1.807) is 0 Å². The van der Waals surface area contributed by atoms with E-state index in [1.165, 1.54) is 35.9 Å². The van der Waals surface area contributed by atoms with Crippen LogP contribution in [0.5, 0.6) is 0 Å². The van der Waals surface area contributed by atoms with Gasteiger partial charge in [-0.25, -0.2) is 0 Å². The number of halogens is 1. The van der Waals surface area contributed by atoms with Crippen LogP contribution in [0.2, 0.25) is 0 Å². The number of aromatic amines is 1. The summed E-state index contributed by atoms with van der Waals surface area (Å²) >= 11 is 3.55. The first-order valence-corrected chi connectivity index (χ1v) is 7.05. The molecule has 0 saturated carbocycles. The van der Waals surface area contributed by atoms with Crippen molar-refractivity contribution >= 4 is 26.8 Å². The molecule has 2 atom stereocenters. The minimum absolute atomic E-state index is 0.570. The summed E-state index contributed by atoms with van der Waals surface area (Å²) in [4.78, 5) is 3.37. The fourth-order valence-corrected chi connectivity index (χ4v) is 3.21. The number of H-pyrrole nitrogens is 1. The van der Waals surface area contributed by atoms with E-state index in [9.17, 15) is 0 Å². The summed E-state index contributed by atoms with van der Waals surface area (Å²) in [5.74, 6) is 0.570. The van der Waals surface area contributed by atoms with Gasteiger partial charge in [0, 0.05) is 27.6 Å². The maximum Gasteiger partial charge on any atom is 0.0457 e. The fourth-order valence-electron chi connectivity index (χ4n) is 2.85. The van der Waals surface area contributed by atoms with Gasteiger partial charge in [-0.05, 0) is 49.1 Å². The molecule has 1 aliphatic rings. The second-order valence-corrected chi connectivity index (χ2v) is 5.84. The van der Waals surface area contributed by atoms with Crippen molar-refractivity contribution < 1.29 is 0 Å². The molecule has 1 aliphatic heterocycles. The number of hydrogen-bond donors (Lipinski definition) is 2. The van der Waals surface area contributed by atoms with Crippen LogP contribution in [-0.4, -0.2) is 17.6 Å². The summed E-state index contributed by atoms with van der Waals surface area (Å²) < 4.78 is 1.15. The van der Waals surface area contributed by atoms with E-state index in [-0.39, 0.29) is 0 Å². The maximum absolute atomic E-state index is 3.60. The summed E-state index contributed by atoms with van der Waals surface area (Å²) in [5, 5.41) is 4.95. The highest BCUT2D eigenvalue weighted by Crippen LogP contribution is 2.32. The Bertz CT molecular complexity index is 526. The third kappa shape index (κ3) is 2.02. The van der Waals surface area contributed by atoms with Crippen LogP contribution in [0.25, 0.3) is 10.9 Å². The van der Waals surface area contributed by atoms with Crippen LogP contribution < -0.4 is 5.32 Å². The lowest BCUT2D eigenvalue weighted by Crippen LogP contribution is -2.27. The zero-order valence-corrected chi connectivity index (χ0v) is 11.5. The Morgan fingerprint density at radius 1 is 1.41 bits per heavy atom. The summed E-state index contributed by atoms with van der Waals surface area (Å²) in [7, 11) is 0. The molecular weight excluding hydrogens is 276 g/mol. The number of aromatic nitrogens is 1. The van der Waals surface area contributed by atoms with Crippen molar-refractivity contribution in [2.45, 2.75) is 31.7 Å². The number of fused-ring (bicyclic) bond motifs is 1. The SMILES string of the molecule is CC(c1c[nH]c2ccc(Br)cc12)[C@H]1CCCN1. The van der Waals surface area contributed by atoms with Crippen LogP contribution in [-0.2, 0) is 0 Å². The zero-order chi connectivity index (χ0) is 11.8. The van der Waals surface area contributed by atoms with Crippen molar-refractivity contribution in [3.63, 3.8) is 0 Å². The van der Waals surface area contributed by atoms with E-state index < -0.39 is 0 Å². The van der Waals surface area contributed by atoms with E-state index in [0.29, 0.717) is 12.0 Å². The monoisotopic (exact) mass is 292 g/mol. The molecule has 2 nitrogen and oxygen atoms in total. The third-order valence-electron chi connectivity index (χ3n) is 3.87. The molecule has 17 heavy (non-hydrogen) atoms. The average molecular weight is 293 g/mol. The van der Waals surface area contributed by atoms with Crippen molar-refractivity contribution in [2.75, 3.05) is 6.54 Å². The first-order chi connectivity index (χ1) is 8.25. The Morgan fingerprint density at radius 2 is 2.29 bits per heavy atom. The van der Waals surface area contributed by atoms with Crippen molar-refractivity contribution in [2.24, 2.45) is 0 Å². The molecule has 1 aromatic carbocycles. The molecule has 1 unspecified atom stereocenters. The highest BCUT2D eigenvalue weighted by atomic mass is 79.9. The number of hydrogen-bond acceptors (Lipinski definition) is 1. The van der Waals surface area contributed by atoms with Gasteiger partial charge in [0.2, 0.25) is 0 Å². The molecule has 3 rings (SSSR count). The van der Waals surface area contributed by atoms with Crippen LogP contribution >= 0.6 is 15.9 Å². The Balaban J connectivity index is 2.01. The van der Waals surface area contributed by atoms with E-state index in [1.807, 2.05) is 0 Å². The van der Waals surface area contributed by atoms with E-state index in [2.05, 4.69) is 57.6 Å². The number of benzene rings is 1. The second kappa shape index (κ2) is 4.46. The molecule has 1 aromatic heterocycles. The van der Waals surface area contributed by atoms with E-state index in [4.69, 9.17) is 0 Å². The molecular formula is C14H17BrN2. The second-order valence-electron chi connectivity index (χ2n) is 4.93. The van der Waals surface area contributed by atoms with Gasteiger partial charge in [-0.1, -0.05) is 22.9 Å². The first-order valence-electron chi connectivity index (χ1n) is 6.25. The lowest BCUT2D eigenvalue weighted by atomic mass is 9.92. The smallest absolute Gasteiger partial charge is 0.0457 e. The first kappa shape index (κ1) is 11.3. The lowest BCUT2D eigenvalue weighted by molar-refractivity contribution is 0.520. The fraction of sp³-hybridized carbons (Fsp3) is 0.429. The van der Waals surface area contributed by atoms with Gasteiger partial charge in [0.05, 0.1) is 0 Å². The minimum atomic E-state index is 0.570. The average Bonchev–Trinajstić information content (AvgIpc) is 2.97. The summed E-state index contributed by atoms with van der Waals surface area (Å²) in [6, 6.07) is 7.07. The third-order valence-corrected chi connectivity index (χ3v) is 4.36. The van der Waals surface area contributed by atoms with Gasteiger partial charge in [-0.2, -0.15) is 0 Å². The van der Waals surface area contributed by atoms with Gasteiger partial charge in [-0.3, -0.25) is 0 Å². The Morgan fingerprint density at radius 3 is 3.06 bits per heavy atom. The Labute approximate surface area is 110 Å². The number of nitrogens with one attached hydrogen (secondary N) is 2. The molecule has 0 amide bonds. The van der Waals surface area contributed by atoms with Crippen LogP contribution in [0.4, 0.5) is 0 Å². The predicted molar refractivity (Wildman–Crippen MR) is 75.4 cm³/mol. The molecule has 0 bridgehead atoms. The van der Waals surface area contributed by atoms with Crippen LogP contribution in [0, 0.1) is 0 Å². The van der Waals surface area contributed by atoms with Crippen molar-refractivity contribution in [3.05, 3.63) is 34.4 Å². The van der Waals surface area contributed by atoms with Crippen LogP contribution in [0.3, 0.4) is 0 Å². The van der Waals surface area contributed by atoms with E-state index in [0.717, 1.165) is 4.47 Å². The van der Waals surface area contributed by atoms with Crippen molar-refractivity contribution in [1.82, 2.24) is 10.3 Å². The van der Waals surface area contributed by atoms with Gasteiger partial charge >= 0.3 is 0 Å². The highest BCUT2D eigenvalue weighted by Gasteiger charge is 2.24. The summed E-state index contributed by atoms with van der Waals surface area (Å²) in [5.41, 5.74) is 2.66. The predicted octanol–water partition coefficient (Wildman–Crippen LogP) is 3.79. The van der Waals surface area contributed by atoms with Crippen LogP contribution in [0.15, 0.2) is 28.9 Å². The molecule has 2 N–H and O–H groups in total. The molecule has 2 heterocycles. The molecule has 0 aliphatic carbocycles. The topological polar surface area (TPSA) is 27.8 Å². The van der Waals surface area contributed by atoms with Gasteiger partial charge in [-0.15, -0.1) is 0 Å². The molecule has 2 aromatic rings. The Hall–Kier alpha value is -0.800. The summed E-state index contributed by atoms with van der Waals surface area (Å²) in [6.07, 6.45) is 4.77. The number of rotatable bonds is 2. The van der Waals surface area contributed by atoms with E-state index >= 15 is 0 Å². The molecule has 90 valence electrons. The molecule has 3 heteroatoms. The molecule has 1 saturated heterocycles. The summed E-state index contributed by atoms with van der Waals surface area (Å²) in [6.45, 7) is 3.49. The van der Waals surface area contributed by atoms with Crippen molar-refractivity contribution in [3.8, 4) is 0 Å². The molecule has 0 spiro atoms. The maximum atomic E-state index is 3.60. The Kier molecular flexibility index (Phi) is 2.97. The van der Waals surface area contributed by atoms with Gasteiger partial charge in [0.1, 0.15) is 0 Å². The quantitative estimate of drug-likeness (QED) is 0.866. The van der Waals surface area contributed by atoms with Gasteiger partial charge < -0.3 is 10.3 Å². The zero-order valence-electron chi connectivity index (χ0n) is 9.96. The largest absolute Gasteiger partial charge is 0.361 e. The standard InChI is InChI=1S/C14H17BrN2/c1-9(13-3-2-6-16-13)12-8-17-14-5-4-10(15)7-11(12)14/h4-5,7-9,13,16-17H,2-3,6H2,1H3/t9?,13-/m1/s1. The van der Waals surface area contributed by atoms with Crippen molar-refractivity contribution in [1.29, 1.82) is 0 Å². The van der Waals surface area contributed by atoms with Crippen LogP contribution in [0.1, 0.15) is 31.2 Å². The minimum Gasteiger partial charge on any atom is -0.361 e.